The Labute approximate surface area is 103 Å². The Kier molecular flexibility index (Phi) is 5.88. The molecule has 0 aliphatic heterocycles. The molecule has 1 saturated carbocycles. The second kappa shape index (κ2) is 6.93. The van der Waals surface area contributed by atoms with E-state index in [0.29, 0.717) is 19.8 Å². The summed E-state index contributed by atoms with van der Waals surface area (Å²) in [6.45, 7) is 1.82. The van der Waals surface area contributed by atoms with Crippen molar-refractivity contribution >= 4 is 5.91 Å². The fourth-order valence-corrected chi connectivity index (χ4v) is 1.99. The van der Waals surface area contributed by atoms with Crippen LogP contribution in [0.25, 0.3) is 0 Å². The predicted molar refractivity (Wildman–Crippen MR) is 66.0 cm³/mol. The maximum Gasteiger partial charge on any atom is 0.246 e. The van der Waals surface area contributed by atoms with Crippen LogP contribution in [0.5, 0.6) is 0 Å². The van der Waals surface area contributed by atoms with Gasteiger partial charge in [-0.3, -0.25) is 4.79 Å². The van der Waals surface area contributed by atoms with E-state index in [2.05, 4.69) is 24.3 Å². The number of hydrogen-bond acceptors (Lipinski definition) is 4. The van der Waals surface area contributed by atoms with Crippen molar-refractivity contribution in [1.29, 1.82) is 0 Å². The fourth-order valence-electron chi connectivity index (χ4n) is 1.99. The zero-order chi connectivity index (χ0) is 12.7. The van der Waals surface area contributed by atoms with Crippen LogP contribution in [-0.4, -0.2) is 63.9 Å². The van der Waals surface area contributed by atoms with E-state index in [9.17, 15) is 4.79 Å². The molecule has 17 heavy (non-hydrogen) atoms. The largest absolute Gasteiger partial charge is 0.382 e. The molecule has 0 bridgehead atoms. The summed E-state index contributed by atoms with van der Waals surface area (Å²) in [5, 5.41) is 2.94. The lowest BCUT2D eigenvalue weighted by Crippen LogP contribution is -2.57. The quantitative estimate of drug-likeness (QED) is 0.622. The topological polar surface area (TPSA) is 50.8 Å². The van der Waals surface area contributed by atoms with Crippen molar-refractivity contribution in [2.75, 3.05) is 47.6 Å². The molecule has 1 N–H and O–H groups in total. The third kappa shape index (κ3) is 4.26. The monoisotopic (exact) mass is 244 g/mol. The summed E-state index contributed by atoms with van der Waals surface area (Å²) in [5.74, 6) is -0.0470. The van der Waals surface area contributed by atoms with Crippen molar-refractivity contribution in [2.45, 2.75) is 24.8 Å². The van der Waals surface area contributed by atoms with Crippen molar-refractivity contribution in [2.24, 2.45) is 0 Å². The summed E-state index contributed by atoms with van der Waals surface area (Å²) in [6, 6.07) is 0. The summed E-state index contributed by atoms with van der Waals surface area (Å²) in [5.41, 5.74) is 0.169. The molecular formula is C12H24N2O3. The number of ether oxygens (including phenoxy) is 2. The van der Waals surface area contributed by atoms with E-state index in [1.807, 2.05) is 0 Å². The molecule has 0 heterocycles. The van der Waals surface area contributed by atoms with E-state index >= 15 is 0 Å². The highest BCUT2D eigenvalue weighted by atomic mass is 16.5. The normalized spacial score (nSPS) is 17.9. The van der Waals surface area contributed by atoms with Crippen LogP contribution in [-0.2, 0) is 14.3 Å². The summed E-state index contributed by atoms with van der Waals surface area (Å²) in [7, 11) is 5.75. The zero-order valence-electron chi connectivity index (χ0n) is 11.1. The van der Waals surface area contributed by atoms with E-state index in [4.69, 9.17) is 9.47 Å². The first-order valence-corrected chi connectivity index (χ1v) is 6.11. The fraction of sp³-hybridized carbons (Fsp3) is 0.917. The summed E-state index contributed by atoms with van der Waals surface area (Å²) >= 11 is 0. The Balaban J connectivity index is 2.14. The minimum atomic E-state index is -0.0470. The summed E-state index contributed by atoms with van der Waals surface area (Å²) < 4.78 is 10.00. The summed E-state index contributed by atoms with van der Waals surface area (Å²) in [4.78, 5) is 13.7. The Bertz CT molecular complexity index is 240. The van der Waals surface area contributed by atoms with Crippen LogP contribution >= 0.6 is 0 Å². The van der Waals surface area contributed by atoms with E-state index < -0.39 is 0 Å². The number of likely N-dealkylation sites (N-methyl/N-ethyl adjacent to an activating group) is 1. The SMILES string of the molecule is COCCOCC(=O)NCC1(N(C)C)CCC1. The van der Waals surface area contributed by atoms with Gasteiger partial charge in [-0.2, -0.15) is 0 Å². The van der Waals surface area contributed by atoms with E-state index in [0.717, 1.165) is 12.8 Å². The standard InChI is InChI=1S/C12H24N2O3/c1-14(2)12(5-4-6-12)10-13-11(15)9-17-8-7-16-3/h4-10H2,1-3H3,(H,13,15). The Morgan fingerprint density at radius 3 is 2.53 bits per heavy atom. The lowest BCUT2D eigenvalue weighted by Gasteiger charge is -2.47. The van der Waals surface area contributed by atoms with Gasteiger partial charge in [0.05, 0.1) is 13.2 Å². The molecule has 5 nitrogen and oxygen atoms in total. The Morgan fingerprint density at radius 1 is 1.35 bits per heavy atom. The van der Waals surface area contributed by atoms with Gasteiger partial charge in [-0.15, -0.1) is 0 Å². The molecule has 0 spiro atoms. The number of rotatable bonds is 8. The predicted octanol–water partition coefficient (Wildman–Crippen LogP) is 0.250. The van der Waals surface area contributed by atoms with Crippen LogP contribution in [0.15, 0.2) is 0 Å². The zero-order valence-corrected chi connectivity index (χ0v) is 11.1. The minimum Gasteiger partial charge on any atom is -0.382 e. The molecular weight excluding hydrogens is 220 g/mol. The number of hydrogen-bond donors (Lipinski definition) is 1. The van der Waals surface area contributed by atoms with Crippen LogP contribution in [0.3, 0.4) is 0 Å². The average Bonchev–Trinajstić information content (AvgIpc) is 2.22. The van der Waals surface area contributed by atoms with Crippen molar-refractivity contribution < 1.29 is 14.3 Å². The molecule has 5 heteroatoms. The number of carbonyl (C=O) groups excluding carboxylic acids is 1. The third-order valence-electron chi connectivity index (χ3n) is 3.51. The number of carbonyl (C=O) groups is 1. The van der Waals surface area contributed by atoms with Crippen molar-refractivity contribution in [1.82, 2.24) is 10.2 Å². The average molecular weight is 244 g/mol. The molecule has 0 aromatic rings. The molecule has 0 unspecified atom stereocenters. The summed E-state index contributed by atoms with van der Waals surface area (Å²) in [6.07, 6.45) is 3.56. The number of nitrogens with zero attached hydrogens (tertiary/aromatic N) is 1. The number of nitrogens with one attached hydrogen (secondary N) is 1. The highest BCUT2D eigenvalue weighted by molar-refractivity contribution is 5.77. The lowest BCUT2D eigenvalue weighted by atomic mass is 9.75. The van der Waals surface area contributed by atoms with Gasteiger partial charge in [0, 0.05) is 19.2 Å². The lowest BCUT2D eigenvalue weighted by molar-refractivity contribution is -0.127. The van der Waals surface area contributed by atoms with Crippen LogP contribution in [0.4, 0.5) is 0 Å². The number of amides is 1. The van der Waals surface area contributed by atoms with Gasteiger partial charge in [0.1, 0.15) is 6.61 Å². The smallest absolute Gasteiger partial charge is 0.246 e. The van der Waals surface area contributed by atoms with Gasteiger partial charge in [0.25, 0.3) is 0 Å². The first-order chi connectivity index (χ1) is 8.10. The van der Waals surface area contributed by atoms with Crippen LogP contribution < -0.4 is 5.32 Å². The highest BCUT2D eigenvalue weighted by Crippen LogP contribution is 2.35. The molecule has 1 aliphatic rings. The molecule has 0 radical (unpaired) electrons. The molecule has 1 aliphatic carbocycles. The molecule has 0 aromatic heterocycles. The molecule has 1 rings (SSSR count). The van der Waals surface area contributed by atoms with Crippen molar-refractivity contribution in [3.63, 3.8) is 0 Å². The second-order valence-electron chi connectivity index (χ2n) is 4.79. The first kappa shape index (κ1) is 14.4. The van der Waals surface area contributed by atoms with Crippen LogP contribution in [0.2, 0.25) is 0 Å². The van der Waals surface area contributed by atoms with Gasteiger partial charge in [0.15, 0.2) is 0 Å². The molecule has 100 valence electrons. The van der Waals surface area contributed by atoms with Crippen molar-refractivity contribution in [3.05, 3.63) is 0 Å². The van der Waals surface area contributed by atoms with Gasteiger partial charge in [-0.05, 0) is 33.4 Å². The third-order valence-corrected chi connectivity index (χ3v) is 3.51. The van der Waals surface area contributed by atoms with Crippen LogP contribution in [0.1, 0.15) is 19.3 Å². The molecule has 0 atom stereocenters. The minimum absolute atomic E-state index is 0.0470. The second-order valence-corrected chi connectivity index (χ2v) is 4.79. The first-order valence-electron chi connectivity index (χ1n) is 6.11. The Morgan fingerprint density at radius 2 is 2.06 bits per heavy atom. The van der Waals surface area contributed by atoms with E-state index in [1.165, 1.54) is 6.42 Å². The Hall–Kier alpha value is -0.650. The van der Waals surface area contributed by atoms with Gasteiger partial charge >= 0.3 is 0 Å². The maximum absolute atomic E-state index is 11.5. The van der Waals surface area contributed by atoms with Crippen LogP contribution in [0, 0.1) is 0 Å². The molecule has 1 amide bonds. The van der Waals surface area contributed by atoms with E-state index in [1.54, 1.807) is 7.11 Å². The molecule has 0 saturated heterocycles. The maximum atomic E-state index is 11.5. The van der Waals surface area contributed by atoms with Gasteiger partial charge in [0.2, 0.25) is 5.91 Å². The number of methoxy groups -OCH3 is 1. The van der Waals surface area contributed by atoms with Gasteiger partial charge in [-0.25, -0.2) is 0 Å². The van der Waals surface area contributed by atoms with Gasteiger partial charge < -0.3 is 19.7 Å². The molecule has 1 fully saturated rings. The molecule has 0 aromatic carbocycles. The highest BCUT2D eigenvalue weighted by Gasteiger charge is 2.39. The van der Waals surface area contributed by atoms with Gasteiger partial charge in [-0.1, -0.05) is 0 Å². The van der Waals surface area contributed by atoms with Crippen molar-refractivity contribution in [3.8, 4) is 0 Å². The van der Waals surface area contributed by atoms with E-state index in [-0.39, 0.29) is 18.1 Å².